The SMILES string of the molecule is CC(=O)c1cccc(NC(=O)CC2CSc3nccc(=O)n32)c1. The number of rotatable bonds is 4. The molecule has 6 nitrogen and oxygen atoms in total. The minimum atomic E-state index is -0.202. The highest BCUT2D eigenvalue weighted by Crippen LogP contribution is 2.31. The lowest BCUT2D eigenvalue weighted by atomic mass is 10.1. The second kappa shape index (κ2) is 6.37. The fourth-order valence-corrected chi connectivity index (χ4v) is 3.60. The zero-order valence-electron chi connectivity index (χ0n) is 12.5. The van der Waals surface area contributed by atoms with Crippen molar-refractivity contribution in [2.75, 3.05) is 11.1 Å². The Morgan fingerprint density at radius 1 is 1.39 bits per heavy atom. The highest BCUT2D eigenvalue weighted by Gasteiger charge is 2.26. The lowest BCUT2D eigenvalue weighted by molar-refractivity contribution is -0.116. The summed E-state index contributed by atoms with van der Waals surface area (Å²) < 4.78 is 1.57. The van der Waals surface area contributed by atoms with Crippen molar-refractivity contribution in [2.45, 2.75) is 24.5 Å². The molecular weight excluding hydrogens is 314 g/mol. The van der Waals surface area contributed by atoms with Gasteiger partial charge in [0.1, 0.15) is 0 Å². The monoisotopic (exact) mass is 329 g/mol. The van der Waals surface area contributed by atoms with Crippen molar-refractivity contribution >= 4 is 29.1 Å². The summed E-state index contributed by atoms with van der Waals surface area (Å²) in [6.07, 6.45) is 1.67. The number of amides is 1. The topological polar surface area (TPSA) is 81.1 Å². The molecule has 0 aliphatic carbocycles. The van der Waals surface area contributed by atoms with E-state index < -0.39 is 0 Å². The smallest absolute Gasteiger partial charge is 0.254 e. The molecule has 0 fully saturated rings. The van der Waals surface area contributed by atoms with E-state index in [1.165, 1.54) is 30.9 Å². The van der Waals surface area contributed by atoms with Crippen molar-refractivity contribution in [1.29, 1.82) is 0 Å². The van der Waals surface area contributed by atoms with Crippen LogP contribution in [0.15, 0.2) is 46.5 Å². The van der Waals surface area contributed by atoms with Gasteiger partial charge in [0.15, 0.2) is 10.9 Å². The van der Waals surface area contributed by atoms with Crippen LogP contribution in [0.25, 0.3) is 0 Å². The number of carbonyl (C=O) groups excluding carboxylic acids is 2. The van der Waals surface area contributed by atoms with E-state index in [0.717, 1.165) is 0 Å². The van der Waals surface area contributed by atoms with Crippen LogP contribution >= 0.6 is 11.8 Å². The molecule has 1 atom stereocenters. The number of carbonyl (C=O) groups is 2. The quantitative estimate of drug-likeness (QED) is 0.686. The molecule has 0 spiro atoms. The van der Waals surface area contributed by atoms with Crippen LogP contribution in [0, 0.1) is 0 Å². The third kappa shape index (κ3) is 3.34. The lowest BCUT2D eigenvalue weighted by Crippen LogP contribution is -2.26. The van der Waals surface area contributed by atoms with Gasteiger partial charge in [0.2, 0.25) is 5.91 Å². The Kier molecular flexibility index (Phi) is 4.29. The van der Waals surface area contributed by atoms with E-state index in [1.54, 1.807) is 28.8 Å². The highest BCUT2D eigenvalue weighted by atomic mass is 32.2. The first kappa shape index (κ1) is 15.5. The van der Waals surface area contributed by atoms with Gasteiger partial charge in [0.25, 0.3) is 5.56 Å². The molecule has 1 unspecified atom stereocenters. The van der Waals surface area contributed by atoms with E-state index in [2.05, 4.69) is 10.3 Å². The molecule has 2 aromatic rings. The Labute approximate surface area is 136 Å². The Morgan fingerprint density at radius 2 is 2.22 bits per heavy atom. The maximum Gasteiger partial charge on any atom is 0.254 e. The first-order valence-electron chi connectivity index (χ1n) is 7.16. The summed E-state index contributed by atoms with van der Waals surface area (Å²) in [6, 6.07) is 8.00. The van der Waals surface area contributed by atoms with Crippen LogP contribution in [0.4, 0.5) is 5.69 Å². The molecule has 0 saturated heterocycles. The molecule has 1 aromatic heterocycles. The molecule has 2 heterocycles. The van der Waals surface area contributed by atoms with E-state index >= 15 is 0 Å². The van der Waals surface area contributed by atoms with Crippen molar-refractivity contribution in [2.24, 2.45) is 0 Å². The van der Waals surface area contributed by atoms with Gasteiger partial charge in [0, 0.05) is 35.7 Å². The minimum absolute atomic E-state index is 0.0557. The normalized spacial score (nSPS) is 16.0. The van der Waals surface area contributed by atoms with Gasteiger partial charge in [0.05, 0.1) is 6.04 Å². The number of anilines is 1. The highest BCUT2D eigenvalue weighted by molar-refractivity contribution is 7.99. The van der Waals surface area contributed by atoms with Gasteiger partial charge in [-0.05, 0) is 19.1 Å². The van der Waals surface area contributed by atoms with Crippen LogP contribution in [0.5, 0.6) is 0 Å². The third-order valence-corrected chi connectivity index (χ3v) is 4.70. The predicted molar refractivity (Wildman–Crippen MR) is 88.0 cm³/mol. The largest absolute Gasteiger partial charge is 0.326 e. The molecule has 3 rings (SSSR count). The molecular formula is C16H15N3O3S. The van der Waals surface area contributed by atoms with Crippen molar-refractivity contribution < 1.29 is 9.59 Å². The summed E-state index contributed by atoms with van der Waals surface area (Å²) in [6.45, 7) is 1.48. The van der Waals surface area contributed by atoms with Crippen molar-refractivity contribution in [3.8, 4) is 0 Å². The number of nitrogens with one attached hydrogen (secondary N) is 1. The van der Waals surface area contributed by atoms with Crippen molar-refractivity contribution in [3.05, 3.63) is 52.4 Å². The number of benzene rings is 1. The molecule has 0 bridgehead atoms. The average Bonchev–Trinajstić information content (AvgIpc) is 2.91. The standard InChI is InChI=1S/C16H15N3O3S/c1-10(20)11-3-2-4-12(7-11)18-14(21)8-13-9-23-16-17-6-5-15(22)19(13)16/h2-7,13H,8-9H2,1H3,(H,18,21). The second-order valence-corrected chi connectivity index (χ2v) is 6.28. The zero-order valence-corrected chi connectivity index (χ0v) is 13.3. The number of nitrogens with zero attached hydrogens (tertiary/aromatic N) is 2. The Morgan fingerprint density at radius 3 is 3.00 bits per heavy atom. The predicted octanol–water partition coefficient (Wildman–Crippen LogP) is 2.12. The molecule has 0 saturated carbocycles. The number of aromatic nitrogens is 2. The molecule has 1 aromatic carbocycles. The van der Waals surface area contributed by atoms with Crippen LogP contribution in [0.1, 0.15) is 29.7 Å². The number of thioether (sulfide) groups is 1. The Hall–Kier alpha value is -2.41. The maximum atomic E-state index is 12.2. The Bertz CT molecular complexity index is 831. The van der Waals surface area contributed by atoms with E-state index in [9.17, 15) is 14.4 Å². The minimum Gasteiger partial charge on any atom is -0.326 e. The molecule has 1 N–H and O–H groups in total. The summed E-state index contributed by atoms with van der Waals surface area (Å²) >= 11 is 1.47. The molecule has 1 aliphatic heterocycles. The molecule has 1 amide bonds. The van der Waals surface area contributed by atoms with Gasteiger partial charge in [-0.25, -0.2) is 4.98 Å². The van der Waals surface area contributed by atoms with Gasteiger partial charge in [-0.15, -0.1) is 0 Å². The number of hydrogen-bond acceptors (Lipinski definition) is 5. The van der Waals surface area contributed by atoms with E-state index in [4.69, 9.17) is 0 Å². The molecule has 0 radical (unpaired) electrons. The zero-order chi connectivity index (χ0) is 16.4. The van der Waals surface area contributed by atoms with E-state index in [1.807, 2.05) is 0 Å². The number of Topliss-reactive ketones (excluding diaryl/α,β-unsaturated/α-hetero) is 1. The van der Waals surface area contributed by atoms with Gasteiger partial charge in [-0.3, -0.25) is 19.0 Å². The van der Waals surface area contributed by atoms with Crippen molar-refractivity contribution in [3.63, 3.8) is 0 Å². The molecule has 23 heavy (non-hydrogen) atoms. The van der Waals surface area contributed by atoms with Crippen LogP contribution in [-0.2, 0) is 4.79 Å². The van der Waals surface area contributed by atoms with Crippen molar-refractivity contribution in [1.82, 2.24) is 9.55 Å². The maximum absolute atomic E-state index is 12.2. The number of ketones is 1. The summed E-state index contributed by atoms with van der Waals surface area (Å²) in [5.74, 6) is 0.396. The molecule has 7 heteroatoms. The summed E-state index contributed by atoms with van der Waals surface area (Å²) in [7, 11) is 0. The molecule has 118 valence electrons. The van der Waals surface area contributed by atoms with Crippen LogP contribution in [0.2, 0.25) is 0 Å². The first-order valence-corrected chi connectivity index (χ1v) is 8.14. The fourth-order valence-electron chi connectivity index (χ4n) is 2.48. The average molecular weight is 329 g/mol. The summed E-state index contributed by atoms with van der Waals surface area (Å²) in [5.41, 5.74) is 0.980. The van der Waals surface area contributed by atoms with E-state index in [0.29, 0.717) is 22.2 Å². The van der Waals surface area contributed by atoms with Gasteiger partial charge in [-0.1, -0.05) is 23.9 Å². The lowest BCUT2D eigenvalue weighted by Gasteiger charge is -2.13. The fraction of sp³-hybridized carbons (Fsp3) is 0.250. The first-order chi connectivity index (χ1) is 11.0. The molecule has 1 aliphatic rings. The van der Waals surface area contributed by atoms with Gasteiger partial charge >= 0.3 is 0 Å². The van der Waals surface area contributed by atoms with Gasteiger partial charge < -0.3 is 5.32 Å². The van der Waals surface area contributed by atoms with E-state index in [-0.39, 0.29) is 29.7 Å². The Balaban J connectivity index is 1.71. The second-order valence-electron chi connectivity index (χ2n) is 5.29. The van der Waals surface area contributed by atoms with Crippen LogP contribution in [-0.4, -0.2) is 27.0 Å². The number of hydrogen-bond donors (Lipinski definition) is 1. The number of fused-ring (bicyclic) bond motifs is 1. The summed E-state index contributed by atoms with van der Waals surface area (Å²) in [5, 5.41) is 3.43. The van der Waals surface area contributed by atoms with Gasteiger partial charge in [-0.2, -0.15) is 0 Å². The third-order valence-electron chi connectivity index (χ3n) is 3.59. The van der Waals surface area contributed by atoms with Crippen LogP contribution in [0.3, 0.4) is 0 Å². The van der Waals surface area contributed by atoms with Crippen LogP contribution < -0.4 is 10.9 Å². The summed E-state index contributed by atoms with van der Waals surface area (Å²) in [4.78, 5) is 39.7.